The van der Waals surface area contributed by atoms with E-state index in [4.69, 9.17) is 4.74 Å². The first-order valence-electron chi connectivity index (χ1n) is 9.22. The van der Waals surface area contributed by atoms with Crippen LogP contribution in [0.25, 0.3) is 0 Å². The number of rotatable bonds is 6. The van der Waals surface area contributed by atoms with E-state index in [0.29, 0.717) is 11.3 Å². The second-order valence-electron chi connectivity index (χ2n) is 6.75. The van der Waals surface area contributed by atoms with Gasteiger partial charge in [0.2, 0.25) is 11.8 Å². The summed E-state index contributed by atoms with van der Waals surface area (Å²) >= 11 is 0. The minimum atomic E-state index is -0.344. The smallest absolute Gasteiger partial charge is 0.243 e. The second kappa shape index (κ2) is 9.32. The highest BCUT2D eigenvalue weighted by atomic mass is 19.1. The number of ether oxygens (including phenoxy) is 1. The number of halogens is 1. The lowest BCUT2D eigenvalue weighted by molar-refractivity contribution is -0.132. The number of amides is 2. The summed E-state index contributed by atoms with van der Waals surface area (Å²) in [6.07, 6.45) is 0.123. The summed E-state index contributed by atoms with van der Waals surface area (Å²) in [5, 5.41) is 2.80. The normalized spacial score (nSPS) is 13.9. The van der Waals surface area contributed by atoms with Crippen molar-refractivity contribution in [1.29, 1.82) is 0 Å². The molecule has 0 unspecified atom stereocenters. The third-order valence-corrected chi connectivity index (χ3v) is 4.60. The average molecular weight is 385 g/mol. The molecule has 0 aliphatic carbocycles. The summed E-state index contributed by atoms with van der Waals surface area (Å²) in [6.45, 7) is 3.10. The molecule has 1 N–H and O–H groups in total. The molecule has 2 amide bonds. The van der Waals surface area contributed by atoms with Crippen LogP contribution in [0.5, 0.6) is 0 Å². The number of morpholine rings is 1. The van der Waals surface area contributed by atoms with Crippen LogP contribution in [-0.2, 0) is 20.7 Å². The second-order valence-corrected chi connectivity index (χ2v) is 6.75. The topological polar surface area (TPSA) is 61.9 Å². The van der Waals surface area contributed by atoms with Gasteiger partial charge in [0.1, 0.15) is 5.82 Å². The third kappa shape index (κ3) is 5.53. The number of hydrogen-bond donors (Lipinski definition) is 1. The number of nitrogens with one attached hydrogen (secondary N) is 1. The molecule has 1 fully saturated rings. The summed E-state index contributed by atoms with van der Waals surface area (Å²) in [5.41, 5.74) is 2.48. The van der Waals surface area contributed by atoms with Gasteiger partial charge in [0.15, 0.2) is 0 Å². The lowest BCUT2D eigenvalue weighted by Gasteiger charge is -2.28. The zero-order valence-electron chi connectivity index (χ0n) is 15.9. The molecule has 0 radical (unpaired) electrons. The van der Waals surface area contributed by atoms with Gasteiger partial charge in [-0.1, -0.05) is 12.1 Å². The van der Waals surface area contributed by atoms with Crippen molar-refractivity contribution in [2.24, 2.45) is 0 Å². The van der Waals surface area contributed by atoms with E-state index in [-0.39, 0.29) is 30.6 Å². The van der Waals surface area contributed by atoms with Gasteiger partial charge in [0.05, 0.1) is 26.2 Å². The first-order valence-corrected chi connectivity index (χ1v) is 9.22. The summed E-state index contributed by atoms with van der Waals surface area (Å²) in [4.78, 5) is 28.1. The summed E-state index contributed by atoms with van der Waals surface area (Å²) < 4.78 is 18.3. The van der Waals surface area contributed by atoms with Gasteiger partial charge in [-0.05, 0) is 42.0 Å². The highest BCUT2D eigenvalue weighted by Gasteiger charge is 2.15. The standard InChI is InChI=1S/C21H24FN3O3/c1-24(21(27)14-16-2-4-17(22)5-3-16)15-20(26)23-18-6-8-19(9-7-18)25-10-12-28-13-11-25/h2-9H,10-15H2,1H3,(H,23,26). The monoisotopic (exact) mass is 385 g/mol. The van der Waals surface area contributed by atoms with Crippen LogP contribution in [0.15, 0.2) is 48.5 Å². The van der Waals surface area contributed by atoms with E-state index >= 15 is 0 Å². The molecule has 0 atom stereocenters. The number of carbonyl (C=O) groups excluding carboxylic acids is 2. The Labute approximate surface area is 163 Å². The van der Waals surface area contributed by atoms with E-state index in [1.807, 2.05) is 24.3 Å². The van der Waals surface area contributed by atoms with E-state index < -0.39 is 0 Å². The Kier molecular flexibility index (Phi) is 6.60. The summed E-state index contributed by atoms with van der Waals surface area (Å²) in [7, 11) is 1.58. The van der Waals surface area contributed by atoms with Crippen LogP contribution in [0.3, 0.4) is 0 Å². The molecule has 7 heteroatoms. The molecule has 2 aromatic rings. The summed E-state index contributed by atoms with van der Waals surface area (Å²) in [6, 6.07) is 13.4. The molecule has 28 heavy (non-hydrogen) atoms. The van der Waals surface area contributed by atoms with E-state index in [2.05, 4.69) is 10.2 Å². The van der Waals surface area contributed by atoms with Gasteiger partial charge in [-0.3, -0.25) is 9.59 Å². The van der Waals surface area contributed by atoms with E-state index in [1.165, 1.54) is 17.0 Å². The van der Waals surface area contributed by atoms with Gasteiger partial charge >= 0.3 is 0 Å². The molecule has 1 aliphatic rings. The van der Waals surface area contributed by atoms with Crippen molar-refractivity contribution in [2.45, 2.75) is 6.42 Å². The molecule has 1 saturated heterocycles. The van der Waals surface area contributed by atoms with Crippen molar-refractivity contribution in [1.82, 2.24) is 4.90 Å². The van der Waals surface area contributed by atoms with Crippen molar-refractivity contribution < 1.29 is 18.7 Å². The van der Waals surface area contributed by atoms with E-state index in [9.17, 15) is 14.0 Å². The number of hydrogen-bond acceptors (Lipinski definition) is 4. The number of likely N-dealkylation sites (N-methyl/N-ethyl adjacent to an activating group) is 1. The number of nitrogens with zero attached hydrogens (tertiary/aromatic N) is 2. The van der Waals surface area contributed by atoms with Crippen LogP contribution in [0.4, 0.5) is 15.8 Å². The first-order chi connectivity index (χ1) is 13.5. The van der Waals surface area contributed by atoms with Gasteiger partial charge in [0, 0.05) is 31.5 Å². The van der Waals surface area contributed by atoms with Crippen molar-refractivity contribution in [3.63, 3.8) is 0 Å². The van der Waals surface area contributed by atoms with Crippen molar-refractivity contribution >= 4 is 23.2 Å². The maximum atomic E-state index is 12.9. The predicted octanol–water partition coefficient (Wildman–Crippen LogP) is 2.30. The van der Waals surface area contributed by atoms with Crippen LogP contribution >= 0.6 is 0 Å². The van der Waals surface area contributed by atoms with Gasteiger partial charge in [-0.2, -0.15) is 0 Å². The molecular weight excluding hydrogens is 361 g/mol. The Balaban J connectivity index is 1.48. The number of benzene rings is 2. The minimum Gasteiger partial charge on any atom is -0.378 e. The molecule has 0 bridgehead atoms. The molecule has 0 aromatic heterocycles. The van der Waals surface area contributed by atoms with Gasteiger partial charge in [-0.25, -0.2) is 4.39 Å². The first kappa shape index (κ1) is 19.8. The maximum Gasteiger partial charge on any atom is 0.243 e. The molecule has 3 rings (SSSR count). The van der Waals surface area contributed by atoms with Crippen LogP contribution < -0.4 is 10.2 Å². The lowest BCUT2D eigenvalue weighted by atomic mass is 10.1. The van der Waals surface area contributed by atoms with Crippen molar-refractivity contribution in [2.75, 3.05) is 50.1 Å². The number of anilines is 2. The Bertz CT molecular complexity index is 803. The Morgan fingerprint density at radius 3 is 2.36 bits per heavy atom. The predicted molar refractivity (Wildman–Crippen MR) is 106 cm³/mol. The van der Waals surface area contributed by atoms with E-state index in [1.54, 1.807) is 19.2 Å². The molecule has 1 aliphatic heterocycles. The van der Waals surface area contributed by atoms with Gasteiger partial charge < -0.3 is 19.9 Å². The average Bonchev–Trinajstić information content (AvgIpc) is 2.71. The fourth-order valence-corrected chi connectivity index (χ4v) is 2.99. The fourth-order valence-electron chi connectivity index (χ4n) is 2.99. The van der Waals surface area contributed by atoms with Crippen LogP contribution in [-0.4, -0.2) is 56.6 Å². The molecule has 6 nitrogen and oxygen atoms in total. The van der Waals surface area contributed by atoms with E-state index in [0.717, 1.165) is 32.0 Å². The molecule has 0 spiro atoms. The molecular formula is C21H24FN3O3. The largest absolute Gasteiger partial charge is 0.378 e. The SMILES string of the molecule is CN(CC(=O)Nc1ccc(N2CCOCC2)cc1)C(=O)Cc1ccc(F)cc1. The highest BCUT2D eigenvalue weighted by Crippen LogP contribution is 2.19. The van der Waals surface area contributed by atoms with Crippen LogP contribution in [0, 0.1) is 5.82 Å². The lowest BCUT2D eigenvalue weighted by Crippen LogP contribution is -2.36. The van der Waals surface area contributed by atoms with Gasteiger partial charge in [0.25, 0.3) is 0 Å². The molecule has 1 heterocycles. The Hall–Kier alpha value is -2.93. The highest BCUT2D eigenvalue weighted by molar-refractivity contribution is 5.94. The van der Waals surface area contributed by atoms with Crippen molar-refractivity contribution in [3.05, 3.63) is 59.9 Å². The third-order valence-electron chi connectivity index (χ3n) is 4.60. The molecule has 0 saturated carbocycles. The van der Waals surface area contributed by atoms with Crippen molar-refractivity contribution in [3.8, 4) is 0 Å². The zero-order chi connectivity index (χ0) is 19.9. The quantitative estimate of drug-likeness (QED) is 0.829. The van der Waals surface area contributed by atoms with Crippen LogP contribution in [0.2, 0.25) is 0 Å². The fraction of sp³-hybridized carbons (Fsp3) is 0.333. The van der Waals surface area contributed by atoms with Crippen LogP contribution in [0.1, 0.15) is 5.56 Å². The minimum absolute atomic E-state index is 0.0504. The zero-order valence-corrected chi connectivity index (χ0v) is 15.9. The summed E-state index contributed by atoms with van der Waals surface area (Å²) in [5.74, 6) is -0.818. The number of carbonyl (C=O) groups is 2. The van der Waals surface area contributed by atoms with Gasteiger partial charge in [-0.15, -0.1) is 0 Å². The molecule has 2 aromatic carbocycles. The maximum absolute atomic E-state index is 12.9. The molecule has 148 valence electrons. The Morgan fingerprint density at radius 2 is 1.71 bits per heavy atom. The Morgan fingerprint density at radius 1 is 1.07 bits per heavy atom.